The van der Waals surface area contributed by atoms with E-state index < -0.39 is 5.60 Å². The number of likely N-dealkylation sites (N-methyl/N-ethyl adjacent to an activating group) is 1. The predicted octanol–water partition coefficient (Wildman–Crippen LogP) is 4.66. The van der Waals surface area contributed by atoms with Gasteiger partial charge in [-0.15, -0.1) is 0 Å². The summed E-state index contributed by atoms with van der Waals surface area (Å²) in [7, 11) is 4.22. The number of ether oxygens (including phenoxy) is 1. The molecule has 144 valence electrons. The van der Waals surface area contributed by atoms with Crippen molar-refractivity contribution in [3.63, 3.8) is 0 Å². The van der Waals surface area contributed by atoms with Crippen molar-refractivity contribution >= 4 is 6.09 Å². The average Bonchev–Trinajstić information content (AvgIpc) is 3.38. The van der Waals surface area contributed by atoms with Gasteiger partial charge in [-0.05, 0) is 89.9 Å². The number of carbonyl (C=O) groups is 1. The third-order valence-corrected chi connectivity index (χ3v) is 5.61. The Balaban J connectivity index is 1.66. The first-order valence-corrected chi connectivity index (χ1v) is 9.99. The highest BCUT2D eigenvalue weighted by Gasteiger charge is 2.35. The Morgan fingerprint density at radius 1 is 1.08 bits per heavy atom. The van der Waals surface area contributed by atoms with E-state index in [1.165, 1.54) is 24.0 Å². The molecule has 2 aliphatic carbocycles. The van der Waals surface area contributed by atoms with E-state index in [1.54, 1.807) is 0 Å². The zero-order valence-electron chi connectivity index (χ0n) is 16.9. The molecule has 4 nitrogen and oxygen atoms in total. The van der Waals surface area contributed by atoms with E-state index in [9.17, 15) is 4.79 Å². The fraction of sp³-hybridized carbons (Fsp3) is 0.682. The van der Waals surface area contributed by atoms with Gasteiger partial charge in [-0.2, -0.15) is 0 Å². The minimum absolute atomic E-state index is 0.141. The van der Waals surface area contributed by atoms with Gasteiger partial charge in [0.1, 0.15) is 5.60 Å². The molecule has 2 unspecified atom stereocenters. The number of nitrogens with one attached hydrogen (secondary N) is 1. The quantitative estimate of drug-likeness (QED) is 0.851. The topological polar surface area (TPSA) is 41.6 Å². The Bertz CT molecular complexity index is 631. The van der Waals surface area contributed by atoms with Crippen LogP contribution in [0.25, 0.3) is 0 Å². The second-order valence-electron chi connectivity index (χ2n) is 9.24. The number of nitrogens with zero attached hydrogens (tertiary/aromatic N) is 1. The monoisotopic (exact) mass is 358 g/mol. The fourth-order valence-corrected chi connectivity index (χ4v) is 4.13. The van der Waals surface area contributed by atoms with Crippen LogP contribution in [0.3, 0.4) is 0 Å². The van der Waals surface area contributed by atoms with E-state index in [0.29, 0.717) is 12.0 Å². The van der Waals surface area contributed by atoms with Crippen molar-refractivity contribution in [3.05, 3.63) is 35.4 Å². The molecule has 1 amide bonds. The first kappa shape index (κ1) is 19.2. The van der Waals surface area contributed by atoms with E-state index in [0.717, 1.165) is 25.2 Å². The number of carbonyl (C=O) groups excluding carboxylic acids is 1. The third-order valence-electron chi connectivity index (χ3n) is 5.61. The molecule has 0 aliphatic heterocycles. The van der Waals surface area contributed by atoms with Crippen molar-refractivity contribution in [2.24, 2.45) is 0 Å². The number of hydrogen-bond acceptors (Lipinski definition) is 3. The molecule has 3 atom stereocenters. The first-order valence-electron chi connectivity index (χ1n) is 9.99. The van der Waals surface area contributed by atoms with Gasteiger partial charge in [-0.1, -0.05) is 24.3 Å². The Labute approximate surface area is 158 Å². The van der Waals surface area contributed by atoms with Crippen LogP contribution in [0.15, 0.2) is 24.3 Å². The molecular formula is C22H34N2O2. The molecule has 26 heavy (non-hydrogen) atoms. The van der Waals surface area contributed by atoms with Gasteiger partial charge in [-0.25, -0.2) is 4.79 Å². The highest BCUT2D eigenvalue weighted by atomic mass is 16.6. The summed E-state index contributed by atoms with van der Waals surface area (Å²) < 4.78 is 5.46. The molecule has 3 rings (SSSR count). The largest absolute Gasteiger partial charge is 0.444 e. The van der Waals surface area contributed by atoms with Gasteiger partial charge in [0.2, 0.25) is 0 Å². The van der Waals surface area contributed by atoms with Crippen molar-refractivity contribution in [2.75, 3.05) is 14.1 Å². The summed E-state index contributed by atoms with van der Waals surface area (Å²) in [6, 6.07) is 9.68. The van der Waals surface area contributed by atoms with E-state index in [-0.39, 0.29) is 12.1 Å². The molecule has 2 aliphatic rings. The van der Waals surface area contributed by atoms with Crippen LogP contribution in [-0.4, -0.2) is 42.8 Å². The predicted molar refractivity (Wildman–Crippen MR) is 106 cm³/mol. The van der Waals surface area contributed by atoms with Gasteiger partial charge in [0, 0.05) is 12.1 Å². The van der Waals surface area contributed by atoms with Crippen LogP contribution in [0.5, 0.6) is 0 Å². The van der Waals surface area contributed by atoms with E-state index in [1.807, 2.05) is 20.8 Å². The fourth-order valence-electron chi connectivity index (χ4n) is 4.13. The summed E-state index contributed by atoms with van der Waals surface area (Å²) in [5.41, 5.74) is 2.52. The number of rotatable bonds is 4. The molecule has 1 N–H and O–H groups in total. The Kier molecular flexibility index (Phi) is 5.61. The van der Waals surface area contributed by atoms with Crippen LogP contribution in [0.4, 0.5) is 4.79 Å². The smallest absolute Gasteiger partial charge is 0.407 e. The van der Waals surface area contributed by atoms with Gasteiger partial charge >= 0.3 is 6.09 Å². The van der Waals surface area contributed by atoms with Crippen LogP contribution in [-0.2, 0) is 4.74 Å². The molecule has 1 aromatic carbocycles. The second kappa shape index (κ2) is 7.59. The molecule has 0 saturated heterocycles. The lowest BCUT2D eigenvalue weighted by molar-refractivity contribution is 0.0445. The maximum Gasteiger partial charge on any atom is 0.407 e. The van der Waals surface area contributed by atoms with Crippen LogP contribution in [0, 0.1) is 0 Å². The minimum atomic E-state index is -0.460. The highest BCUT2D eigenvalue weighted by Crippen LogP contribution is 2.42. The normalized spacial score (nSPS) is 26.6. The summed E-state index contributed by atoms with van der Waals surface area (Å²) in [4.78, 5) is 14.5. The Hall–Kier alpha value is -1.55. The summed E-state index contributed by atoms with van der Waals surface area (Å²) in [6.07, 6.45) is 5.55. The zero-order chi connectivity index (χ0) is 18.9. The molecule has 0 aromatic heterocycles. The second-order valence-corrected chi connectivity index (χ2v) is 9.24. The number of alkyl carbamates (subject to hydrolysis) is 1. The average molecular weight is 359 g/mol. The third kappa shape index (κ3) is 5.00. The Morgan fingerprint density at radius 3 is 2.27 bits per heavy atom. The minimum Gasteiger partial charge on any atom is -0.444 e. The van der Waals surface area contributed by atoms with Gasteiger partial charge in [0.15, 0.2) is 0 Å². The van der Waals surface area contributed by atoms with E-state index >= 15 is 0 Å². The molecule has 0 heterocycles. The van der Waals surface area contributed by atoms with Gasteiger partial charge < -0.3 is 15.0 Å². The molecule has 4 heteroatoms. The number of amides is 1. The van der Waals surface area contributed by atoms with Crippen molar-refractivity contribution in [2.45, 2.75) is 82.4 Å². The SMILES string of the molecule is CN(C)[C@H]1CC(c2cccc(C3CC3)c2)CCC1NC(=O)OC(C)(C)C. The molecule has 1 aromatic rings. The Morgan fingerprint density at radius 2 is 1.69 bits per heavy atom. The molecular weight excluding hydrogens is 324 g/mol. The van der Waals surface area contributed by atoms with Crippen molar-refractivity contribution in [1.82, 2.24) is 10.2 Å². The van der Waals surface area contributed by atoms with Gasteiger partial charge in [-0.3, -0.25) is 0 Å². The lowest BCUT2D eigenvalue weighted by Crippen LogP contribution is -2.53. The molecule has 0 radical (unpaired) electrons. The number of benzene rings is 1. The molecule has 0 spiro atoms. The maximum absolute atomic E-state index is 12.2. The van der Waals surface area contributed by atoms with Crippen LogP contribution in [0.2, 0.25) is 0 Å². The van der Waals surface area contributed by atoms with Crippen LogP contribution in [0.1, 0.15) is 75.8 Å². The van der Waals surface area contributed by atoms with E-state index in [4.69, 9.17) is 4.74 Å². The first-order chi connectivity index (χ1) is 12.2. The summed E-state index contributed by atoms with van der Waals surface area (Å²) >= 11 is 0. The summed E-state index contributed by atoms with van der Waals surface area (Å²) in [5.74, 6) is 1.36. The standard InChI is InChI=1S/C22H34N2O2/c1-22(2,3)26-21(25)23-19-12-11-18(14-20(19)24(4)5)17-8-6-7-16(13-17)15-9-10-15/h6-8,13,15,18-20H,9-12,14H2,1-5H3,(H,23,25)/t18?,19?,20-/m0/s1. The molecule has 0 bridgehead atoms. The lowest BCUT2D eigenvalue weighted by Gasteiger charge is -2.40. The van der Waals surface area contributed by atoms with Crippen molar-refractivity contribution in [1.29, 1.82) is 0 Å². The van der Waals surface area contributed by atoms with Gasteiger partial charge in [0.25, 0.3) is 0 Å². The van der Waals surface area contributed by atoms with Crippen LogP contribution >= 0.6 is 0 Å². The highest BCUT2D eigenvalue weighted by molar-refractivity contribution is 5.68. The van der Waals surface area contributed by atoms with Crippen LogP contribution < -0.4 is 5.32 Å². The maximum atomic E-state index is 12.2. The summed E-state index contributed by atoms with van der Waals surface area (Å²) in [6.45, 7) is 5.71. The molecule has 2 saturated carbocycles. The number of hydrogen-bond donors (Lipinski definition) is 1. The lowest BCUT2D eigenvalue weighted by atomic mass is 9.78. The zero-order valence-corrected chi connectivity index (χ0v) is 16.9. The molecule has 2 fully saturated rings. The van der Waals surface area contributed by atoms with Crippen molar-refractivity contribution in [3.8, 4) is 0 Å². The van der Waals surface area contributed by atoms with E-state index in [2.05, 4.69) is 48.6 Å². The van der Waals surface area contributed by atoms with Crippen molar-refractivity contribution < 1.29 is 9.53 Å². The summed E-state index contributed by atoms with van der Waals surface area (Å²) in [5, 5.41) is 3.12. The van der Waals surface area contributed by atoms with Gasteiger partial charge in [0.05, 0.1) is 0 Å².